The monoisotopic (exact) mass is 585 g/mol. The summed E-state index contributed by atoms with van der Waals surface area (Å²) in [5, 5.41) is 10.4. The molecule has 0 aliphatic carbocycles. The van der Waals surface area contributed by atoms with Crippen LogP contribution in [0.2, 0.25) is 0 Å². The van der Waals surface area contributed by atoms with E-state index >= 15 is 0 Å². The highest BCUT2D eigenvalue weighted by atomic mass is 32.2. The lowest BCUT2D eigenvalue weighted by molar-refractivity contribution is -0.115. The van der Waals surface area contributed by atoms with Gasteiger partial charge in [-0.05, 0) is 73.3 Å². The predicted molar refractivity (Wildman–Crippen MR) is 176 cm³/mol. The molecule has 0 fully saturated rings. The minimum absolute atomic E-state index is 0.0984. The quantitative estimate of drug-likeness (QED) is 0.122. The number of carbonyl (C=O) groups is 3. The summed E-state index contributed by atoms with van der Waals surface area (Å²) >= 11 is 1.43. The predicted octanol–water partition coefficient (Wildman–Crippen LogP) is 7.68. The number of rotatable bonds is 9. The molecular formula is C36H31N3O3S. The first-order valence-corrected chi connectivity index (χ1v) is 14.8. The van der Waals surface area contributed by atoms with Crippen molar-refractivity contribution >= 4 is 57.7 Å². The molecule has 3 amide bonds. The van der Waals surface area contributed by atoms with Crippen molar-refractivity contribution in [3.05, 3.63) is 144 Å². The molecule has 5 rings (SSSR count). The molecule has 0 spiro atoms. The maximum Gasteiger partial charge on any atom is 0.272 e. The molecule has 1 unspecified atom stereocenters. The fraction of sp³-hybridized carbons (Fsp3) is 0.0833. The number of aryl methyl sites for hydroxylation is 1. The lowest BCUT2D eigenvalue weighted by atomic mass is 10.1. The second kappa shape index (κ2) is 13.7. The van der Waals surface area contributed by atoms with Crippen LogP contribution < -0.4 is 16.0 Å². The van der Waals surface area contributed by atoms with Crippen LogP contribution in [0.5, 0.6) is 0 Å². The van der Waals surface area contributed by atoms with Crippen molar-refractivity contribution in [2.45, 2.75) is 24.0 Å². The van der Waals surface area contributed by atoms with Gasteiger partial charge in [0.25, 0.3) is 11.8 Å². The molecule has 0 radical (unpaired) electrons. The molecule has 0 aliphatic heterocycles. The molecule has 7 heteroatoms. The van der Waals surface area contributed by atoms with E-state index in [4.69, 9.17) is 0 Å². The topological polar surface area (TPSA) is 87.3 Å². The van der Waals surface area contributed by atoms with Gasteiger partial charge in [-0.15, -0.1) is 11.8 Å². The van der Waals surface area contributed by atoms with Crippen LogP contribution in [0.1, 0.15) is 28.4 Å². The molecule has 0 heterocycles. The van der Waals surface area contributed by atoms with Crippen molar-refractivity contribution in [1.29, 1.82) is 0 Å². The van der Waals surface area contributed by atoms with Crippen molar-refractivity contribution in [1.82, 2.24) is 5.32 Å². The first-order valence-electron chi connectivity index (χ1n) is 13.9. The van der Waals surface area contributed by atoms with Gasteiger partial charge in [0.15, 0.2) is 0 Å². The smallest absolute Gasteiger partial charge is 0.272 e. The van der Waals surface area contributed by atoms with E-state index in [1.165, 1.54) is 11.8 Å². The number of thioether (sulfide) groups is 1. The summed E-state index contributed by atoms with van der Waals surface area (Å²) in [6.45, 7) is 3.84. The van der Waals surface area contributed by atoms with E-state index in [0.29, 0.717) is 11.3 Å². The summed E-state index contributed by atoms with van der Waals surface area (Å²) in [6.07, 6.45) is 1.65. The average molecular weight is 586 g/mol. The number of amides is 3. The Labute approximate surface area is 255 Å². The Hall–Kier alpha value is -5.14. The van der Waals surface area contributed by atoms with Gasteiger partial charge in [0, 0.05) is 27.2 Å². The van der Waals surface area contributed by atoms with Crippen molar-refractivity contribution < 1.29 is 14.4 Å². The third-order valence-corrected chi connectivity index (χ3v) is 7.87. The van der Waals surface area contributed by atoms with Crippen molar-refractivity contribution in [2.75, 3.05) is 10.6 Å². The van der Waals surface area contributed by atoms with Crippen LogP contribution in [0.25, 0.3) is 16.8 Å². The summed E-state index contributed by atoms with van der Waals surface area (Å²) in [7, 11) is 0. The molecule has 3 N–H and O–H groups in total. The third-order valence-electron chi connectivity index (χ3n) is 6.76. The Kier molecular flexibility index (Phi) is 9.34. The van der Waals surface area contributed by atoms with Crippen LogP contribution in [0, 0.1) is 6.92 Å². The van der Waals surface area contributed by atoms with Crippen LogP contribution in [0.15, 0.2) is 132 Å². The van der Waals surface area contributed by atoms with Gasteiger partial charge >= 0.3 is 0 Å². The van der Waals surface area contributed by atoms with Gasteiger partial charge in [0.2, 0.25) is 5.91 Å². The molecule has 214 valence electrons. The molecule has 0 aromatic heterocycles. The summed E-state index contributed by atoms with van der Waals surface area (Å²) < 4.78 is 0. The second-order valence-corrected chi connectivity index (χ2v) is 11.5. The highest BCUT2D eigenvalue weighted by Gasteiger charge is 2.17. The maximum absolute atomic E-state index is 13.3. The van der Waals surface area contributed by atoms with Gasteiger partial charge in [-0.3, -0.25) is 14.4 Å². The van der Waals surface area contributed by atoms with E-state index in [1.54, 1.807) is 42.5 Å². The number of hydrogen-bond donors (Lipinski definition) is 3. The molecule has 0 saturated carbocycles. The largest absolute Gasteiger partial charge is 0.325 e. The van der Waals surface area contributed by atoms with Crippen LogP contribution >= 0.6 is 11.8 Å². The molecule has 0 bridgehead atoms. The van der Waals surface area contributed by atoms with Gasteiger partial charge in [0.1, 0.15) is 5.70 Å². The molecule has 1 atom stereocenters. The van der Waals surface area contributed by atoms with Crippen molar-refractivity contribution in [2.24, 2.45) is 0 Å². The van der Waals surface area contributed by atoms with E-state index < -0.39 is 5.91 Å². The van der Waals surface area contributed by atoms with Gasteiger partial charge in [0.05, 0.1) is 5.25 Å². The number of fused-ring (bicyclic) bond motifs is 1. The summed E-state index contributed by atoms with van der Waals surface area (Å²) in [4.78, 5) is 40.0. The Bertz CT molecular complexity index is 1780. The van der Waals surface area contributed by atoms with E-state index in [1.807, 2.05) is 98.8 Å². The maximum atomic E-state index is 13.3. The number of hydrogen-bond acceptors (Lipinski definition) is 4. The zero-order valence-electron chi connectivity index (χ0n) is 23.8. The molecule has 6 nitrogen and oxygen atoms in total. The van der Waals surface area contributed by atoms with E-state index in [9.17, 15) is 14.4 Å². The molecule has 0 saturated heterocycles. The van der Waals surface area contributed by atoms with Gasteiger partial charge in [-0.2, -0.15) is 0 Å². The van der Waals surface area contributed by atoms with Gasteiger partial charge in [-0.1, -0.05) is 84.4 Å². The van der Waals surface area contributed by atoms with Crippen LogP contribution in [-0.2, 0) is 9.59 Å². The second-order valence-electron chi connectivity index (χ2n) is 10.0. The molecular weight excluding hydrogens is 554 g/mol. The number of anilines is 2. The summed E-state index contributed by atoms with van der Waals surface area (Å²) in [5.41, 5.74) is 3.79. The van der Waals surface area contributed by atoms with Crippen molar-refractivity contribution in [3.63, 3.8) is 0 Å². The molecule has 43 heavy (non-hydrogen) atoms. The Morgan fingerprint density at radius 3 is 2.14 bits per heavy atom. The Balaban J connectivity index is 1.25. The standard InChI is InChI=1S/C36H31N3O3S/c1-24-15-17-26(18-16-24)23-33(39-35(41)28-10-4-3-5-11-28)36(42)37-29-19-21-30(22-20-29)43-25(2)34(40)38-32-14-8-12-27-9-6-7-13-31(27)32/h3-23,25H,1-2H3,(H,37,42)(H,38,40)(H,39,41)/b33-23-. The van der Waals surface area contributed by atoms with E-state index in [0.717, 1.165) is 32.5 Å². The first-order chi connectivity index (χ1) is 20.9. The van der Waals surface area contributed by atoms with E-state index in [2.05, 4.69) is 16.0 Å². The Morgan fingerprint density at radius 1 is 0.721 bits per heavy atom. The van der Waals surface area contributed by atoms with Crippen molar-refractivity contribution in [3.8, 4) is 0 Å². The number of benzene rings is 5. The minimum Gasteiger partial charge on any atom is -0.325 e. The Morgan fingerprint density at radius 2 is 1.40 bits per heavy atom. The summed E-state index contributed by atoms with van der Waals surface area (Å²) in [5.74, 6) is -0.927. The van der Waals surface area contributed by atoms with Gasteiger partial charge in [-0.25, -0.2) is 0 Å². The van der Waals surface area contributed by atoms with E-state index in [-0.39, 0.29) is 22.8 Å². The fourth-order valence-electron chi connectivity index (χ4n) is 4.41. The van der Waals surface area contributed by atoms with Crippen LogP contribution in [0.4, 0.5) is 11.4 Å². The highest BCUT2D eigenvalue weighted by molar-refractivity contribution is 8.00. The lowest BCUT2D eigenvalue weighted by Crippen LogP contribution is -2.30. The zero-order valence-corrected chi connectivity index (χ0v) is 24.7. The average Bonchev–Trinajstić information content (AvgIpc) is 3.03. The molecule has 5 aromatic rings. The SMILES string of the molecule is Cc1ccc(/C=C(\NC(=O)c2ccccc2)C(=O)Nc2ccc(SC(C)C(=O)Nc3cccc4ccccc34)cc2)cc1. The first kappa shape index (κ1) is 29.4. The minimum atomic E-state index is -0.451. The normalized spacial score (nSPS) is 11.9. The highest BCUT2D eigenvalue weighted by Crippen LogP contribution is 2.28. The van der Waals surface area contributed by atoms with Crippen LogP contribution in [-0.4, -0.2) is 23.0 Å². The van der Waals surface area contributed by atoms with Crippen LogP contribution in [0.3, 0.4) is 0 Å². The lowest BCUT2D eigenvalue weighted by Gasteiger charge is -2.14. The number of carbonyl (C=O) groups excluding carboxylic acids is 3. The zero-order chi connectivity index (χ0) is 30.2. The number of nitrogens with one attached hydrogen (secondary N) is 3. The third kappa shape index (κ3) is 7.78. The molecule has 0 aliphatic rings. The molecule has 5 aromatic carbocycles. The fourth-order valence-corrected chi connectivity index (χ4v) is 5.28. The van der Waals surface area contributed by atoms with Gasteiger partial charge < -0.3 is 16.0 Å². The summed E-state index contributed by atoms with van der Waals surface area (Å²) in [6, 6.07) is 37.5.